The van der Waals surface area contributed by atoms with Crippen molar-refractivity contribution in [1.82, 2.24) is 4.90 Å². The first kappa shape index (κ1) is 18.5. The van der Waals surface area contributed by atoms with Gasteiger partial charge in [0.15, 0.2) is 6.61 Å². The number of hydrogen-bond acceptors (Lipinski definition) is 5. The SMILES string of the molecule is O=C(O)C1CCN(C(=O)c2cc(OCC(F)(F)F)ccc2[N+](=O)[O-])C1. The predicted molar refractivity (Wildman–Crippen MR) is 76.3 cm³/mol. The van der Waals surface area contributed by atoms with E-state index in [1.54, 1.807) is 0 Å². The lowest BCUT2D eigenvalue weighted by Crippen LogP contribution is -2.30. The Morgan fingerprint density at radius 2 is 2.08 bits per heavy atom. The van der Waals surface area contributed by atoms with Gasteiger partial charge >= 0.3 is 12.1 Å². The van der Waals surface area contributed by atoms with E-state index in [0.29, 0.717) is 0 Å². The van der Waals surface area contributed by atoms with Crippen molar-refractivity contribution in [1.29, 1.82) is 0 Å². The molecule has 1 unspecified atom stereocenters. The number of carbonyl (C=O) groups excluding carboxylic acids is 1. The van der Waals surface area contributed by atoms with E-state index in [2.05, 4.69) is 4.74 Å². The van der Waals surface area contributed by atoms with Gasteiger partial charge in [0, 0.05) is 19.2 Å². The van der Waals surface area contributed by atoms with Crippen LogP contribution in [-0.2, 0) is 4.79 Å². The Morgan fingerprint density at radius 1 is 1.40 bits per heavy atom. The number of carboxylic acid groups (broad SMARTS) is 1. The zero-order valence-corrected chi connectivity index (χ0v) is 12.7. The molecule has 1 aliphatic heterocycles. The molecule has 0 saturated carbocycles. The van der Waals surface area contributed by atoms with Gasteiger partial charge in [0.2, 0.25) is 0 Å². The van der Waals surface area contributed by atoms with Gasteiger partial charge in [-0.05, 0) is 18.6 Å². The van der Waals surface area contributed by atoms with E-state index in [0.717, 1.165) is 23.1 Å². The number of nitro groups is 1. The van der Waals surface area contributed by atoms with E-state index in [-0.39, 0.29) is 25.3 Å². The summed E-state index contributed by atoms with van der Waals surface area (Å²) in [5.74, 6) is -3.05. The largest absolute Gasteiger partial charge is 0.484 e. The van der Waals surface area contributed by atoms with Crippen LogP contribution >= 0.6 is 0 Å². The number of likely N-dealkylation sites (tertiary alicyclic amines) is 1. The summed E-state index contributed by atoms with van der Waals surface area (Å²) in [7, 11) is 0. The molecule has 1 aliphatic rings. The first-order valence-corrected chi connectivity index (χ1v) is 7.08. The molecule has 0 aromatic heterocycles. The number of rotatable bonds is 5. The van der Waals surface area contributed by atoms with E-state index in [4.69, 9.17) is 5.11 Å². The molecule has 1 aromatic rings. The third-order valence-electron chi connectivity index (χ3n) is 3.62. The standard InChI is InChI=1S/C14H13F3N2O6/c15-14(16,17)7-25-9-1-2-11(19(23)24)10(5-9)12(20)18-4-3-8(6-18)13(21)22/h1-2,5,8H,3-4,6-7H2,(H,21,22). The highest BCUT2D eigenvalue weighted by Gasteiger charge is 2.34. The van der Waals surface area contributed by atoms with E-state index < -0.39 is 46.8 Å². The third kappa shape index (κ3) is 4.58. The fourth-order valence-corrected chi connectivity index (χ4v) is 2.42. The van der Waals surface area contributed by atoms with Gasteiger partial charge < -0.3 is 14.7 Å². The van der Waals surface area contributed by atoms with Crippen molar-refractivity contribution in [3.8, 4) is 5.75 Å². The second-order valence-electron chi connectivity index (χ2n) is 5.41. The van der Waals surface area contributed by atoms with Gasteiger partial charge in [0.1, 0.15) is 11.3 Å². The fourth-order valence-electron chi connectivity index (χ4n) is 2.42. The number of carbonyl (C=O) groups is 2. The van der Waals surface area contributed by atoms with Crippen molar-refractivity contribution in [2.45, 2.75) is 12.6 Å². The van der Waals surface area contributed by atoms with Crippen LogP contribution < -0.4 is 4.74 Å². The summed E-state index contributed by atoms with van der Waals surface area (Å²) >= 11 is 0. The summed E-state index contributed by atoms with van der Waals surface area (Å²) < 4.78 is 41.1. The lowest BCUT2D eigenvalue weighted by Gasteiger charge is -2.16. The van der Waals surface area contributed by atoms with E-state index in [1.807, 2.05) is 0 Å². The molecule has 1 N–H and O–H groups in total. The number of ether oxygens (including phenoxy) is 1. The molecule has 1 amide bonds. The predicted octanol–water partition coefficient (Wildman–Crippen LogP) is 2.08. The summed E-state index contributed by atoms with van der Waals surface area (Å²) in [6, 6.07) is 2.70. The maximum Gasteiger partial charge on any atom is 0.422 e. The van der Waals surface area contributed by atoms with Crippen LogP contribution in [0.5, 0.6) is 5.75 Å². The number of nitrogens with zero attached hydrogens (tertiary/aromatic N) is 2. The van der Waals surface area contributed by atoms with Gasteiger partial charge in [-0.1, -0.05) is 0 Å². The highest BCUT2D eigenvalue weighted by atomic mass is 19.4. The lowest BCUT2D eigenvalue weighted by molar-refractivity contribution is -0.385. The van der Waals surface area contributed by atoms with Crippen molar-refractivity contribution in [2.75, 3.05) is 19.7 Å². The van der Waals surface area contributed by atoms with Crippen molar-refractivity contribution in [3.63, 3.8) is 0 Å². The Hall–Kier alpha value is -2.85. The molecule has 0 radical (unpaired) electrons. The maximum absolute atomic E-state index is 12.4. The van der Waals surface area contributed by atoms with Gasteiger partial charge in [0.25, 0.3) is 11.6 Å². The quantitative estimate of drug-likeness (QED) is 0.634. The zero-order valence-electron chi connectivity index (χ0n) is 12.7. The summed E-state index contributed by atoms with van der Waals surface area (Å²) in [6.07, 6.45) is -4.41. The number of aliphatic carboxylic acids is 1. The minimum absolute atomic E-state index is 0.0839. The Kier molecular flexibility index (Phi) is 5.14. The van der Waals surface area contributed by atoms with Crippen LogP contribution in [0.25, 0.3) is 0 Å². The van der Waals surface area contributed by atoms with Gasteiger partial charge in [-0.2, -0.15) is 13.2 Å². The van der Waals surface area contributed by atoms with Crippen LogP contribution in [0.15, 0.2) is 18.2 Å². The van der Waals surface area contributed by atoms with E-state index in [1.165, 1.54) is 0 Å². The molecule has 1 atom stereocenters. The summed E-state index contributed by atoms with van der Waals surface area (Å²) in [5, 5.41) is 20.0. The molecule has 136 valence electrons. The molecule has 1 fully saturated rings. The third-order valence-corrected chi connectivity index (χ3v) is 3.62. The average Bonchev–Trinajstić information content (AvgIpc) is 3.01. The van der Waals surface area contributed by atoms with Crippen LogP contribution in [0.3, 0.4) is 0 Å². The molecule has 11 heteroatoms. The summed E-state index contributed by atoms with van der Waals surface area (Å²) in [4.78, 5) is 34.7. The molecule has 1 saturated heterocycles. The van der Waals surface area contributed by atoms with Crippen LogP contribution in [0.2, 0.25) is 0 Å². The second-order valence-corrected chi connectivity index (χ2v) is 5.41. The van der Waals surface area contributed by atoms with Crippen LogP contribution in [0.4, 0.5) is 18.9 Å². The smallest absolute Gasteiger partial charge is 0.422 e. The number of amides is 1. The molecule has 0 aliphatic carbocycles. The van der Waals surface area contributed by atoms with Gasteiger partial charge in [-0.3, -0.25) is 19.7 Å². The minimum atomic E-state index is -4.60. The fraction of sp³-hybridized carbons (Fsp3) is 0.429. The molecule has 2 rings (SSSR count). The van der Waals surface area contributed by atoms with Gasteiger partial charge in [-0.25, -0.2) is 0 Å². The maximum atomic E-state index is 12.4. The normalized spacial score (nSPS) is 17.4. The second kappa shape index (κ2) is 6.95. The van der Waals surface area contributed by atoms with Crippen molar-refractivity contribution in [2.24, 2.45) is 5.92 Å². The first-order valence-electron chi connectivity index (χ1n) is 7.08. The Balaban J connectivity index is 2.26. The van der Waals surface area contributed by atoms with Gasteiger partial charge in [-0.15, -0.1) is 0 Å². The first-order chi connectivity index (χ1) is 11.6. The number of carboxylic acids is 1. The molecular formula is C14H13F3N2O6. The zero-order chi connectivity index (χ0) is 18.8. The lowest BCUT2D eigenvalue weighted by atomic mass is 10.1. The Bertz CT molecular complexity index is 706. The van der Waals surface area contributed by atoms with Crippen LogP contribution in [-0.4, -0.2) is 52.7 Å². The summed E-state index contributed by atoms with van der Waals surface area (Å²) in [5.41, 5.74) is -1.04. The van der Waals surface area contributed by atoms with E-state index >= 15 is 0 Å². The molecule has 1 heterocycles. The molecular weight excluding hydrogens is 349 g/mol. The number of halogens is 3. The minimum Gasteiger partial charge on any atom is -0.484 e. The van der Waals surface area contributed by atoms with Crippen LogP contribution in [0, 0.1) is 16.0 Å². The van der Waals surface area contributed by atoms with E-state index in [9.17, 15) is 32.9 Å². The molecule has 8 nitrogen and oxygen atoms in total. The number of alkyl halides is 3. The molecule has 0 spiro atoms. The Morgan fingerprint density at radius 3 is 2.60 bits per heavy atom. The average molecular weight is 362 g/mol. The monoisotopic (exact) mass is 362 g/mol. The van der Waals surface area contributed by atoms with Crippen molar-refractivity contribution in [3.05, 3.63) is 33.9 Å². The topological polar surface area (TPSA) is 110 Å². The van der Waals surface area contributed by atoms with Gasteiger partial charge in [0.05, 0.1) is 10.8 Å². The number of benzene rings is 1. The van der Waals surface area contributed by atoms with Crippen molar-refractivity contribution >= 4 is 17.6 Å². The van der Waals surface area contributed by atoms with Crippen LogP contribution in [0.1, 0.15) is 16.8 Å². The highest BCUT2D eigenvalue weighted by molar-refractivity contribution is 5.99. The molecule has 0 bridgehead atoms. The number of hydrogen-bond donors (Lipinski definition) is 1. The summed E-state index contributed by atoms with van der Waals surface area (Å²) in [6.45, 7) is -1.65. The number of nitro benzene ring substituents is 1. The molecule has 1 aromatic carbocycles. The Labute approximate surface area is 138 Å². The highest BCUT2D eigenvalue weighted by Crippen LogP contribution is 2.28. The molecule has 25 heavy (non-hydrogen) atoms. The van der Waals surface area contributed by atoms with Crippen molar-refractivity contribution < 1.29 is 37.5 Å².